The average molecular weight is 385 g/mol. The highest BCUT2D eigenvalue weighted by molar-refractivity contribution is 9.10. The number of ether oxygens (including phenoxy) is 1. The summed E-state index contributed by atoms with van der Waals surface area (Å²) < 4.78 is 7.45. The monoisotopic (exact) mass is 383 g/mol. The van der Waals surface area contributed by atoms with Crippen molar-refractivity contribution in [2.24, 2.45) is 5.73 Å². The molecule has 1 atom stereocenters. The van der Waals surface area contributed by atoms with Crippen LogP contribution in [0.25, 0.3) is 0 Å². The predicted octanol–water partition coefficient (Wildman–Crippen LogP) is 4.58. The van der Waals surface area contributed by atoms with Gasteiger partial charge in [0.2, 0.25) is 0 Å². The van der Waals surface area contributed by atoms with Crippen LogP contribution in [-0.4, -0.2) is 7.11 Å². The van der Waals surface area contributed by atoms with Crippen LogP contribution in [0.1, 0.15) is 22.7 Å². The van der Waals surface area contributed by atoms with E-state index in [1.807, 2.05) is 30.3 Å². The summed E-state index contributed by atoms with van der Waals surface area (Å²) in [4.78, 5) is 0. The van der Waals surface area contributed by atoms with Crippen LogP contribution in [0.15, 0.2) is 45.3 Å². The zero-order chi connectivity index (χ0) is 14.0. The molecule has 19 heavy (non-hydrogen) atoms. The molecule has 0 amide bonds. The van der Waals surface area contributed by atoms with Crippen LogP contribution in [0.5, 0.6) is 5.75 Å². The number of benzene rings is 2. The molecule has 0 aromatic heterocycles. The number of halogens is 2. The normalized spacial score (nSPS) is 12.3. The summed E-state index contributed by atoms with van der Waals surface area (Å²) in [6.07, 6.45) is 0. The van der Waals surface area contributed by atoms with Gasteiger partial charge < -0.3 is 10.5 Å². The Hall–Kier alpha value is -0.840. The van der Waals surface area contributed by atoms with Crippen LogP contribution in [0.4, 0.5) is 0 Å². The van der Waals surface area contributed by atoms with Gasteiger partial charge in [-0.2, -0.15) is 0 Å². The second kappa shape index (κ2) is 6.07. The standard InChI is InChI=1S/C15H15Br2NO/c1-9-7-10(16)3-5-12(9)15(18)13-8-11(17)4-6-14(13)19-2/h3-8,15H,18H2,1-2H3. The van der Waals surface area contributed by atoms with Crippen LogP contribution in [-0.2, 0) is 0 Å². The van der Waals surface area contributed by atoms with Crippen molar-refractivity contribution in [3.05, 3.63) is 62.0 Å². The van der Waals surface area contributed by atoms with Crippen LogP contribution < -0.4 is 10.5 Å². The number of rotatable bonds is 3. The van der Waals surface area contributed by atoms with Crippen molar-refractivity contribution in [2.75, 3.05) is 7.11 Å². The number of hydrogen-bond donors (Lipinski definition) is 1. The van der Waals surface area contributed by atoms with Gasteiger partial charge in [-0.05, 0) is 48.4 Å². The van der Waals surface area contributed by atoms with Gasteiger partial charge >= 0.3 is 0 Å². The number of methoxy groups -OCH3 is 1. The van der Waals surface area contributed by atoms with Gasteiger partial charge in [0.25, 0.3) is 0 Å². The Morgan fingerprint density at radius 1 is 1.00 bits per heavy atom. The maximum Gasteiger partial charge on any atom is 0.124 e. The number of nitrogens with two attached hydrogens (primary N) is 1. The number of aryl methyl sites for hydroxylation is 1. The van der Waals surface area contributed by atoms with Gasteiger partial charge in [0.1, 0.15) is 5.75 Å². The number of hydrogen-bond acceptors (Lipinski definition) is 2. The van der Waals surface area contributed by atoms with Crippen LogP contribution in [0.3, 0.4) is 0 Å². The van der Waals surface area contributed by atoms with E-state index in [1.165, 1.54) is 0 Å². The molecule has 2 nitrogen and oxygen atoms in total. The summed E-state index contributed by atoms with van der Waals surface area (Å²) in [6, 6.07) is 11.8. The Balaban J connectivity index is 2.49. The SMILES string of the molecule is COc1ccc(Br)cc1C(N)c1ccc(Br)cc1C. The minimum absolute atomic E-state index is 0.208. The Bertz CT molecular complexity index is 599. The van der Waals surface area contributed by atoms with Crippen molar-refractivity contribution in [3.63, 3.8) is 0 Å². The first-order valence-corrected chi connectivity index (χ1v) is 7.46. The molecule has 4 heteroatoms. The predicted molar refractivity (Wildman–Crippen MR) is 85.6 cm³/mol. The largest absolute Gasteiger partial charge is 0.496 e. The maximum atomic E-state index is 6.40. The topological polar surface area (TPSA) is 35.2 Å². The lowest BCUT2D eigenvalue weighted by molar-refractivity contribution is 0.407. The molecule has 0 spiro atoms. The minimum Gasteiger partial charge on any atom is -0.496 e. The van der Waals surface area contributed by atoms with Gasteiger partial charge in [-0.3, -0.25) is 0 Å². The summed E-state index contributed by atoms with van der Waals surface area (Å²) in [7, 11) is 1.66. The van der Waals surface area contributed by atoms with Crippen molar-refractivity contribution in [3.8, 4) is 5.75 Å². The van der Waals surface area contributed by atoms with E-state index in [-0.39, 0.29) is 6.04 Å². The molecular weight excluding hydrogens is 370 g/mol. The van der Waals surface area contributed by atoms with Crippen LogP contribution in [0, 0.1) is 6.92 Å². The molecule has 0 bridgehead atoms. The highest BCUT2D eigenvalue weighted by Crippen LogP contribution is 2.32. The summed E-state index contributed by atoms with van der Waals surface area (Å²) in [6.45, 7) is 2.06. The molecule has 0 fully saturated rings. The highest BCUT2D eigenvalue weighted by atomic mass is 79.9. The molecule has 0 saturated carbocycles. The Morgan fingerprint density at radius 2 is 1.63 bits per heavy atom. The molecule has 0 saturated heterocycles. The molecule has 2 N–H and O–H groups in total. The van der Waals surface area contributed by atoms with Crippen LogP contribution in [0.2, 0.25) is 0 Å². The Kier molecular flexibility index (Phi) is 4.66. The molecule has 1 unspecified atom stereocenters. The van der Waals surface area contributed by atoms with Gasteiger partial charge in [-0.25, -0.2) is 0 Å². The molecule has 2 aromatic rings. The second-order valence-corrected chi connectivity index (χ2v) is 6.20. The second-order valence-electron chi connectivity index (χ2n) is 4.36. The summed E-state index contributed by atoms with van der Waals surface area (Å²) in [5.41, 5.74) is 9.62. The first kappa shape index (κ1) is 14.6. The van der Waals surface area contributed by atoms with Gasteiger partial charge in [-0.15, -0.1) is 0 Å². The zero-order valence-corrected chi connectivity index (χ0v) is 14.0. The first-order chi connectivity index (χ1) is 9.02. The lowest BCUT2D eigenvalue weighted by atomic mass is 9.95. The van der Waals surface area contributed by atoms with Gasteiger partial charge in [-0.1, -0.05) is 37.9 Å². The van der Waals surface area contributed by atoms with E-state index in [1.54, 1.807) is 7.11 Å². The molecule has 2 rings (SSSR count). The van der Waals surface area contributed by atoms with E-state index in [9.17, 15) is 0 Å². The van der Waals surface area contributed by atoms with Crippen molar-refractivity contribution in [2.45, 2.75) is 13.0 Å². The maximum absolute atomic E-state index is 6.40. The summed E-state index contributed by atoms with van der Waals surface area (Å²) in [5.74, 6) is 0.804. The third-order valence-electron chi connectivity index (χ3n) is 3.09. The molecule has 0 aliphatic heterocycles. The smallest absolute Gasteiger partial charge is 0.124 e. The van der Waals surface area contributed by atoms with Gasteiger partial charge in [0, 0.05) is 14.5 Å². The lowest BCUT2D eigenvalue weighted by Gasteiger charge is -2.18. The van der Waals surface area contributed by atoms with E-state index < -0.39 is 0 Å². The van der Waals surface area contributed by atoms with Gasteiger partial charge in [0.15, 0.2) is 0 Å². The molecule has 0 aliphatic rings. The Morgan fingerprint density at radius 3 is 2.26 bits per heavy atom. The van der Waals surface area contributed by atoms with E-state index in [4.69, 9.17) is 10.5 Å². The summed E-state index contributed by atoms with van der Waals surface area (Å²) in [5, 5.41) is 0. The van der Waals surface area contributed by atoms with E-state index in [0.29, 0.717) is 0 Å². The fourth-order valence-corrected chi connectivity index (χ4v) is 2.96. The van der Waals surface area contributed by atoms with Gasteiger partial charge in [0.05, 0.1) is 13.2 Å². The zero-order valence-electron chi connectivity index (χ0n) is 10.8. The highest BCUT2D eigenvalue weighted by Gasteiger charge is 2.16. The summed E-state index contributed by atoms with van der Waals surface area (Å²) >= 11 is 6.95. The molecule has 100 valence electrons. The minimum atomic E-state index is -0.208. The quantitative estimate of drug-likeness (QED) is 0.840. The van der Waals surface area contributed by atoms with Crippen molar-refractivity contribution >= 4 is 31.9 Å². The first-order valence-electron chi connectivity index (χ1n) is 5.88. The van der Waals surface area contributed by atoms with E-state index in [2.05, 4.69) is 44.8 Å². The average Bonchev–Trinajstić information content (AvgIpc) is 2.38. The van der Waals surface area contributed by atoms with Crippen LogP contribution >= 0.6 is 31.9 Å². The third-order valence-corrected chi connectivity index (χ3v) is 4.08. The Labute approximate surface area is 130 Å². The molecule has 0 heterocycles. The van der Waals surface area contributed by atoms with Crippen molar-refractivity contribution in [1.82, 2.24) is 0 Å². The van der Waals surface area contributed by atoms with Crippen molar-refractivity contribution in [1.29, 1.82) is 0 Å². The molecule has 0 radical (unpaired) electrons. The van der Waals surface area contributed by atoms with Crippen molar-refractivity contribution < 1.29 is 4.74 Å². The molecular formula is C15H15Br2NO. The lowest BCUT2D eigenvalue weighted by Crippen LogP contribution is -2.14. The van der Waals surface area contributed by atoms with E-state index >= 15 is 0 Å². The third kappa shape index (κ3) is 3.19. The fraction of sp³-hybridized carbons (Fsp3) is 0.200. The fourth-order valence-electron chi connectivity index (χ4n) is 2.10. The molecule has 2 aromatic carbocycles. The molecule has 0 aliphatic carbocycles. The van der Waals surface area contributed by atoms with E-state index in [0.717, 1.165) is 31.4 Å².